The van der Waals surface area contributed by atoms with Gasteiger partial charge >= 0.3 is 0 Å². The first-order valence-electron chi connectivity index (χ1n) is 8.10. The SMILES string of the molecule is COCCNCC(=O)NC1CCCN(c2ccc(F)cc2C)C1. The van der Waals surface area contributed by atoms with Gasteiger partial charge in [0.2, 0.25) is 5.91 Å². The van der Waals surface area contributed by atoms with Gasteiger partial charge in [0.05, 0.1) is 13.2 Å². The smallest absolute Gasteiger partial charge is 0.234 e. The molecule has 128 valence electrons. The van der Waals surface area contributed by atoms with Gasteiger partial charge in [0.15, 0.2) is 0 Å². The summed E-state index contributed by atoms with van der Waals surface area (Å²) in [5, 5.41) is 6.11. The first-order valence-corrected chi connectivity index (χ1v) is 8.10. The van der Waals surface area contributed by atoms with Gasteiger partial charge in [-0.25, -0.2) is 4.39 Å². The number of ether oxygens (including phenoxy) is 1. The van der Waals surface area contributed by atoms with Crippen molar-refractivity contribution in [2.45, 2.75) is 25.8 Å². The number of nitrogens with one attached hydrogen (secondary N) is 2. The summed E-state index contributed by atoms with van der Waals surface area (Å²) in [6.45, 7) is 5.17. The van der Waals surface area contributed by atoms with E-state index in [-0.39, 0.29) is 17.8 Å². The van der Waals surface area contributed by atoms with Gasteiger partial charge in [-0.3, -0.25) is 4.79 Å². The highest BCUT2D eigenvalue weighted by atomic mass is 19.1. The highest BCUT2D eigenvalue weighted by molar-refractivity contribution is 5.78. The van der Waals surface area contributed by atoms with Gasteiger partial charge in [0.25, 0.3) is 0 Å². The summed E-state index contributed by atoms with van der Waals surface area (Å²) in [7, 11) is 1.63. The molecule has 1 aliphatic heterocycles. The van der Waals surface area contributed by atoms with E-state index in [1.807, 2.05) is 13.0 Å². The van der Waals surface area contributed by atoms with Crippen LogP contribution in [0.15, 0.2) is 18.2 Å². The number of hydrogen-bond acceptors (Lipinski definition) is 4. The maximum absolute atomic E-state index is 13.2. The van der Waals surface area contributed by atoms with E-state index in [9.17, 15) is 9.18 Å². The van der Waals surface area contributed by atoms with Gasteiger partial charge < -0.3 is 20.3 Å². The highest BCUT2D eigenvalue weighted by Crippen LogP contribution is 2.24. The van der Waals surface area contributed by atoms with E-state index in [0.717, 1.165) is 37.2 Å². The molecule has 1 amide bonds. The van der Waals surface area contributed by atoms with Gasteiger partial charge in [-0.05, 0) is 43.5 Å². The number of piperidine rings is 1. The van der Waals surface area contributed by atoms with Crippen LogP contribution >= 0.6 is 0 Å². The molecule has 0 saturated carbocycles. The number of carbonyl (C=O) groups is 1. The molecular weight excluding hydrogens is 297 g/mol. The minimum Gasteiger partial charge on any atom is -0.383 e. The number of hydrogen-bond donors (Lipinski definition) is 2. The van der Waals surface area contributed by atoms with E-state index in [2.05, 4.69) is 15.5 Å². The number of nitrogens with zero attached hydrogens (tertiary/aromatic N) is 1. The van der Waals surface area contributed by atoms with Gasteiger partial charge in [-0.1, -0.05) is 0 Å². The van der Waals surface area contributed by atoms with Crippen LogP contribution in [0.5, 0.6) is 0 Å². The van der Waals surface area contributed by atoms with Crippen molar-refractivity contribution in [3.8, 4) is 0 Å². The number of anilines is 1. The van der Waals surface area contributed by atoms with Crippen LogP contribution in [0.2, 0.25) is 0 Å². The zero-order valence-electron chi connectivity index (χ0n) is 13.9. The first kappa shape index (κ1) is 17.7. The van der Waals surface area contributed by atoms with Crippen molar-refractivity contribution in [3.63, 3.8) is 0 Å². The summed E-state index contributed by atoms with van der Waals surface area (Å²) < 4.78 is 18.2. The van der Waals surface area contributed by atoms with Gasteiger partial charge in [0.1, 0.15) is 5.82 Å². The fraction of sp³-hybridized carbons (Fsp3) is 0.588. The third-order valence-electron chi connectivity index (χ3n) is 4.05. The van der Waals surface area contributed by atoms with Crippen LogP contribution < -0.4 is 15.5 Å². The number of methoxy groups -OCH3 is 1. The second kappa shape index (κ2) is 8.84. The Hall–Kier alpha value is -1.66. The Balaban J connectivity index is 1.84. The predicted molar refractivity (Wildman–Crippen MR) is 89.3 cm³/mol. The minimum atomic E-state index is -0.213. The molecule has 1 atom stereocenters. The number of benzene rings is 1. The van der Waals surface area contributed by atoms with E-state index >= 15 is 0 Å². The molecule has 0 spiro atoms. The average Bonchev–Trinajstić information content (AvgIpc) is 2.52. The molecule has 0 aliphatic carbocycles. The lowest BCUT2D eigenvalue weighted by Gasteiger charge is -2.35. The summed E-state index contributed by atoms with van der Waals surface area (Å²) in [5.74, 6) is -0.209. The van der Waals surface area contributed by atoms with E-state index in [1.54, 1.807) is 13.2 Å². The molecule has 23 heavy (non-hydrogen) atoms. The number of amides is 1. The minimum absolute atomic E-state index is 0.00350. The lowest BCUT2D eigenvalue weighted by molar-refractivity contribution is -0.121. The zero-order chi connectivity index (χ0) is 16.7. The Morgan fingerprint density at radius 1 is 1.48 bits per heavy atom. The maximum atomic E-state index is 13.2. The topological polar surface area (TPSA) is 53.6 Å². The Labute approximate surface area is 137 Å². The molecule has 2 N–H and O–H groups in total. The Kier molecular flexibility index (Phi) is 6.80. The third kappa shape index (κ3) is 5.48. The second-order valence-corrected chi connectivity index (χ2v) is 5.95. The molecule has 0 aromatic heterocycles. The Morgan fingerprint density at radius 3 is 3.04 bits per heavy atom. The van der Waals surface area contributed by atoms with Crippen LogP contribution in [0.4, 0.5) is 10.1 Å². The van der Waals surface area contributed by atoms with Crippen molar-refractivity contribution >= 4 is 11.6 Å². The third-order valence-corrected chi connectivity index (χ3v) is 4.05. The number of halogens is 1. The van der Waals surface area contributed by atoms with Gasteiger partial charge in [-0.15, -0.1) is 0 Å². The molecule has 6 heteroatoms. The van der Waals surface area contributed by atoms with E-state index in [1.165, 1.54) is 6.07 Å². The summed E-state index contributed by atoms with van der Waals surface area (Å²) in [6, 6.07) is 4.99. The lowest BCUT2D eigenvalue weighted by atomic mass is 10.0. The average molecular weight is 323 g/mol. The monoisotopic (exact) mass is 323 g/mol. The predicted octanol–water partition coefficient (Wildman–Crippen LogP) is 1.46. The quantitative estimate of drug-likeness (QED) is 0.746. The van der Waals surface area contributed by atoms with Crippen molar-refractivity contribution in [2.75, 3.05) is 44.8 Å². The highest BCUT2D eigenvalue weighted by Gasteiger charge is 2.22. The van der Waals surface area contributed by atoms with Crippen LogP contribution in [0.3, 0.4) is 0 Å². The summed E-state index contributed by atoms with van der Waals surface area (Å²) in [6.07, 6.45) is 1.99. The van der Waals surface area contributed by atoms with E-state index < -0.39 is 0 Å². The molecule has 1 aromatic rings. The first-order chi connectivity index (χ1) is 11.1. The van der Waals surface area contributed by atoms with Crippen LogP contribution in [0.25, 0.3) is 0 Å². The Morgan fingerprint density at radius 2 is 2.30 bits per heavy atom. The molecule has 2 rings (SSSR count). The normalized spacial score (nSPS) is 18.0. The fourth-order valence-corrected chi connectivity index (χ4v) is 2.94. The molecular formula is C17H26FN3O2. The van der Waals surface area contributed by atoms with Crippen molar-refractivity contribution in [1.29, 1.82) is 0 Å². The molecule has 1 aliphatic rings. The lowest BCUT2D eigenvalue weighted by Crippen LogP contribution is -2.50. The van der Waals surface area contributed by atoms with Crippen molar-refractivity contribution in [1.82, 2.24) is 10.6 Å². The molecule has 5 nitrogen and oxygen atoms in total. The number of carbonyl (C=O) groups excluding carboxylic acids is 1. The molecule has 0 bridgehead atoms. The zero-order valence-corrected chi connectivity index (χ0v) is 13.9. The fourth-order valence-electron chi connectivity index (χ4n) is 2.94. The van der Waals surface area contributed by atoms with Gasteiger partial charge in [-0.2, -0.15) is 0 Å². The van der Waals surface area contributed by atoms with Crippen molar-refractivity contribution in [3.05, 3.63) is 29.6 Å². The molecule has 1 heterocycles. The summed E-state index contributed by atoms with van der Waals surface area (Å²) >= 11 is 0. The molecule has 0 radical (unpaired) electrons. The second-order valence-electron chi connectivity index (χ2n) is 5.95. The molecule has 1 saturated heterocycles. The Bertz CT molecular complexity index is 525. The summed E-state index contributed by atoms with van der Waals surface area (Å²) in [5.41, 5.74) is 1.97. The van der Waals surface area contributed by atoms with E-state index in [0.29, 0.717) is 19.7 Å². The largest absolute Gasteiger partial charge is 0.383 e. The number of rotatable bonds is 7. The standard InChI is InChI=1S/C17H26FN3O2/c1-13-10-14(18)5-6-16(13)21-8-3-4-15(12-21)20-17(22)11-19-7-9-23-2/h5-6,10,15,19H,3-4,7-9,11-12H2,1-2H3,(H,20,22). The van der Waals surface area contributed by atoms with Crippen LogP contribution in [0.1, 0.15) is 18.4 Å². The van der Waals surface area contributed by atoms with Crippen molar-refractivity contribution < 1.29 is 13.9 Å². The number of aryl methyl sites for hydroxylation is 1. The van der Waals surface area contributed by atoms with Crippen LogP contribution in [-0.4, -0.2) is 51.8 Å². The summed E-state index contributed by atoms with van der Waals surface area (Å²) in [4.78, 5) is 14.2. The van der Waals surface area contributed by atoms with Crippen LogP contribution in [-0.2, 0) is 9.53 Å². The van der Waals surface area contributed by atoms with Gasteiger partial charge in [0, 0.05) is 38.5 Å². The van der Waals surface area contributed by atoms with Crippen LogP contribution in [0, 0.1) is 12.7 Å². The maximum Gasteiger partial charge on any atom is 0.234 e. The van der Waals surface area contributed by atoms with Crippen molar-refractivity contribution in [2.24, 2.45) is 0 Å². The van der Waals surface area contributed by atoms with E-state index in [4.69, 9.17) is 4.74 Å². The molecule has 1 aromatic carbocycles. The molecule has 1 unspecified atom stereocenters. The molecule has 1 fully saturated rings.